The standard InChI is InChI=1S/C13H15FO2Si.C10H11FO2.C10H7FO2.C8H6BrFO2.C8H11BrN4.C7H9BrN4.C7H5F3.C6H5Br2N3.C6H6BrN3.C6H7N3.C6H15N.CH5N.CH4O.2BHNS.H2/c1-16-13(15)12-6-5-11(14)9-10(12)7-8-17(2,3)4;2*1-3-7-6-8(11)4-5-9(7)10(12)13-2;1-12-8(11)6-3-2-5(10)4-7(6)9;1-10-8-7(9)6(5-12(2)3)11-13(8)4;1-9-4-5-6(8)7(10-2)12(3)11-5;8-7(9,10)6-4-2-1-3-5-6;1-9-6-5(8)4(3-7)10-11(6)2;1-4-5(7)6(8-2)10(3)9-4;1-5-4-6(7-2)9(3)8-5;1-4-7(5-2)6-3;2*1-2;2*1-2-3;/h5-6,9H,1-4H3;4-6H,3H2,1-2H3;1,4-6H,2H3;2-4H,1H3;5H2,2-4H3;9H,4H2,1,3H3;1-5H;3H2,2H3;1,3H3;4H,1,3H3;4-6H2,1-3H3;2H2,1H3;2H,1H3;2*3H;1H/i;1D3,3D2;1D;;;;;;;;;;2D;;;1+1D. The van der Waals surface area contributed by atoms with E-state index in [-0.39, 0.29) is 16.7 Å². The van der Waals surface area contributed by atoms with Gasteiger partial charge in [0.05, 0.1) is 126 Å². The van der Waals surface area contributed by atoms with Crippen molar-refractivity contribution in [1.82, 2.24) is 64.0 Å². The quantitative estimate of drug-likeness (QED) is 0.0105. The van der Waals surface area contributed by atoms with Crippen LogP contribution in [0.1, 0.15) is 131 Å². The normalized spacial score (nSPS) is 10.4. The second-order valence-electron chi connectivity index (χ2n) is 26.3. The molecular formula is C89H110B2Br6F7N21O9S2Si. The van der Waals surface area contributed by atoms with Gasteiger partial charge in [0.1, 0.15) is 44.1 Å². The van der Waals surface area contributed by atoms with Crippen molar-refractivity contribution in [2.24, 2.45) is 49.6 Å². The Morgan fingerprint density at radius 1 is 0.620 bits per heavy atom. The number of benzene rings is 5. The maximum atomic E-state index is 13.1. The van der Waals surface area contributed by atoms with E-state index < -0.39 is 85.7 Å². The van der Waals surface area contributed by atoms with E-state index in [4.69, 9.17) is 45.5 Å². The van der Waals surface area contributed by atoms with Gasteiger partial charge in [-0.2, -0.15) is 31.9 Å². The number of aromatic nitrogens is 10. The summed E-state index contributed by atoms with van der Waals surface area (Å²) < 4.78 is 181. The number of carbonyl (C=O) groups excluding carboxylic acids is 4. The Balaban J connectivity index is -0.000000367. The van der Waals surface area contributed by atoms with Crippen LogP contribution in [-0.4, -0.2) is 196 Å². The van der Waals surface area contributed by atoms with Crippen LogP contribution in [0, 0.1) is 93.8 Å². The molecule has 137 heavy (non-hydrogen) atoms. The number of nitrogens with zero attached hydrogens (tertiary/aromatic N) is 19. The second kappa shape index (κ2) is 75.5. The number of carbonyl (C=O) groups is 4. The van der Waals surface area contributed by atoms with Gasteiger partial charge in [-0.05, 0) is 168 Å². The third-order valence-corrected chi connectivity index (χ3v) is 20.9. The molecule has 0 atom stereocenters. The molecule has 0 amide bonds. The molecule has 738 valence electrons. The summed E-state index contributed by atoms with van der Waals surface area (Å²) in [5, 5.41) is 27.7. The third-order valence-electron chi connectivity index (χ3n) is 15.4. The number of thiol groups is 2. The van der Waals surface area contributed by atoms with Crippen LogP contribution in [-0.2, 0) is 85.2 Å². The van der Waals surface area contributed by atoms with E-state index in [9.17, 15) is 49.9 Å². The van der Waals surface area contributed by atoms with Crippen LogP contribution >= 0.6 is 121 Å². The first kappa shape index (κ1) is 119. The van der Waals surface area contributed by atoms with Crippen molar-refractivity contribution in [3.05, 3.63) is 285 Å². The molecule has 5 heterocycles. The number of nitrogens with two attached hydrogens (primary N) is 1. The number of rotatable bonds is 13. The first-order valence-electron chi connectivity index (χ1n) is 43.0. The largest absolute Gasteiger partial charge is 0.362 e. The van der Waals surface area contributed by atoms with Crippen LogP contribution < -0.4 is 11.1 Å². The fraction of sp³-hybridized carbons (Fsp3) is 0.348. The Morgan fingerprint density at radius 2 is 0.993 bits per heavy atom. The number of esters is 4. The molecule has 10 rings (SSSR count). The SMILES string of the molecule is CCN(CC)CC.CN.COC(=O)c1ccc(F)cc1Br.COC(=O)c1ccc(F)cc1C#C[Si](C)(C)C.FC(F)(F)c1ccccc1.[2H]C#Cc1cc(F)ccc1C(=O)OC.[2H]C([2H])([2H])C([2H])([2H])c1cc(F)ccc1C(=O)OC.[2H]OC.[2H][2H].[B]=NS.[B]=NS.[C-]#[N+]c1c(Br)c(C)nn1C.[C-]#[N+]c1c(Br)c(CBr)nn1C.[C-]#[N+]c1c(Br)c(CN(C)C)nn1C.[C-]#[N+]c1c(Br)c(CNC)nn1C.[C-]#[N+]c1cc(C)nn1C. The second-order valence-corrected chi connectivity index (χ2v) is 36.1. The van der Waals surface area contributed by atoms with Gasteiger partial charge in [-0.15, -0.1) is 37.4 Å². The number of hydrogen-bond donors (Lipinski definition) is 5. The zero-order chi connectivity index (χ0) is 114. The zero-order valence-corrected chi connectivity index (χ0v) is 91.2. The van der Waals surface area contributed by atoms with Gasteiger partial charge in [-0.25, -0.2) is 41.4 Å². The van der Waals surface area contributed by atoms with E-state index in [1.807, 2.05) is 46.3 Å². The summed E-state index contributed by atoms with van der Waals surface area (Å²) in [6, 6.07) is 21.9. The number of terminal acetylenes is 1. The van der Waals surface area contributed by atoms with Gasteiger partial charge in [0, 0.05) is 51.0 Å². The molecule has 5 aromatic heterocycles. The molecule has 48 heteroatoms. The maximum absolute atomic E-state index is 13.1. The van der Waals surface area contributed by atoms with Crippen molar-refractivity contribution in [3.63, 3.8) is 0 Å². The summed E-state index contributed by atoms with van der Waals surface area (Å²) in [6.07, 6.45) is -5.20. The summed E-state index contributed by atoms with van der Waals surface area (Å²) >= 11 is 26.0. The minimum atomic E-state index is -4.21. The number of halogens is 13. The number of methoxy groups -OCH3 is 4. The Labute approximate surface area is 875 Å². The molecule has 0 unspecified atom stereocenters. The van der Waals surface area contributed by atoms with Gasteiger partial charge < -0.3 is 69.1 Å². The van der Waals surface area contributed by atoms with E-state index in [1.54, 1.807) is 70.8 Å². The van der Waals surface area contributed by atoms with Crippen LogP contribution in [0.2, 0.25) is 19.6 Å². The van der Waals surface area contributed by atoms with Gasteiger partial charge in [-0.3, -0.25) is 0 Å². The average Bonchev–Trinajstić information content (AvgIpc) is 1.12. The zero-order valence-electron chi connectivity index (χ0n) is 87.8. The minimum absolute atomic E-state index is 0.159. The Hall–Kier alpha value is -10.6. The van der Waals surface area contributed by atoms with Gasteiger partial charge >= 0.3 is 79.6 Å². The number of ether oxygens (including phenoxy) is 4. The van der Waals surface area contributed by atoms with Crippen LogP contribution in [0.15, 0.2) is 140 Å². The fourth-order valence-corrected chi connectivity index (χ4v) is 13.1. The summed E-state index contributed by atoms with van der Waals surface area (Å²) in [5.74, 6) is 3.34. The molecule has 2 radical (unpaired) electrons. The van der Waals surface area contributed by atoms with Gasteiger partial charge in [0.2, 0.25) is 1.43 Å². The van der Waals surface area contributed by atoms with E-state index in [2.05, 4.69) is 293 Å². The summed E-state index contributed by atoms with van der Waals surface area (Å²) in [4.78, 5) is 66.0. The molecule has 10 aromatic rings. The molecule has 0 spiro atoms. The summed E-state index contributed by atoms with van der Waals surface area (Å²) in [6.45, 7) is 52.6. The van der Waals surface area contributed by atoms with Gasteiger partial charge in [-0.1, -0.05) is 202 Å². The monoisotopic (exact) mass is 2350 g/mol. The molecule has 5 aromatic carbocycles. The molecule has 0 bridgehead atoms. The topological polar surface area (TPSA) is 306 Å². The number of nitrogens with one attached hydrogen (secondary N) is 1. The first-order valence-corrected chi connectivity index (χ1v) is 47.9. The molecule has 0 fully saturated rings. The first-order chi connectivity index (χ1) is 68.3. The van der Waals surface area contributed by atoms with Crippen LogP contribution in [0.3, 0.4) is 0 Å². The van der Waals surface area contributed by atoms with Crippen molar-refractivity contribution < 1.29 is 85.2 Å². The molecule has 30 nitrogen and oxygen atoms in total. The fourth-order valence-electron chi connectivity index (χ4n) is 9.25. The van der Waals surface area contributed by atoms with Crippen molar-refractivity contribution in [2.45, 2.75) is 92.1 Å². The molecule has 0 aliphatic heterocycles. The van der Waals surface area contributed by atoms with Gasteiger partial charge in [0.25, 0.3) is 29.1 Å². The van der Waals surface area contributed by atoms with E-state index in [0.717, 1.165) is 96.4 Å². The molecular weight excluding hydrogens is 2230 g/mol. The predicted molar refractivity (Wildman–Crippen MR) is 556 cm³/mol. The van der Waals surface area contributed by atoms with E-state index in [1.165, 1.54) is 110 Å². The number of alkyl halides is 4. The summed E-state index contributed by atoms with van der Waals surface area (Å²) in [7, 11) is 29.4. The molecule has 4 N–H and O–H groups in total. The minimum Gasteiger partial charge on any atom is -0.362 e. The number of aliphatic hydroxyl groups is 1. The van der Waals surface area contributed by atoms with Crippen molar-refractivity contribution in [2.75, 3.05) is 83.4 Å². The van der Waals surface area contributed by atoms with Crippen molar-refractivity contribution >= 4 is 198 Å². The predicted octanol–water partition coefficient (Wildman–Crippen LogP) is 22.0. The molecule has 0 aliphatic rings. The average molecular weight is 2350 g/mol. The van der Waals surface area contributed by atoms with Crippen molar-refractivity contribution in [3.8, 4) is 23.8 Å². The third kappa shape index (κ3) is 52.7. The molecule has 0 saturated heterocycles. The number of hydrogen-bond acceptors (Lipinski definition) is 22. The maximum Gasteiger partial charge on any atom is 0.266 e. The van der Waals surface area contributed by atoms with Crippen LogP contribution in [0.25, 0.3) is 24.2 Å². The Kier molecular flexibility index (Phi) is 65.4. The van der Waals surface area contributed by atoms with Crippen molar-refractivity contribution in [1.29, 1.82) is 1.43 Å². The number of aryl methyl sites for hydroxylation is 8. The van der Waals surface area contributed by atoms with E-state index >= 15 is 0 Å². The van der Waals surface area contributed by atoms with E-state index in [0.29, 0.717) is 68.2 Å². The smallest absolute Gasteiger partial charge is 0.266 e. The number of aliphatic hydroxyl groups excluding tert-OH is 1. The van der Waals surface area contributed by atoms with Crippen LogP contribution in [0.5, 0.6) is 0 Å². The molecule has 0 aliphatic carbocycles. The Bertz CT molecular complexity index is 6070. The molecule has 0 saturated carbocycles. The van der Waals surface area contributed by atoms with Crippen LogP contribution in [0.4, 0.5) is 59.8 Å². The summed E-state index contributed by atoms with van der Waals surface area (Å²) in [5.41, 5.74) is 11.9. The Morgan fingerprint density at radius 3 is 1.31 bits per heavy atom. The van der Waals surface area contributed by atoms with Gasteiger partial charge in [0.15, 0.2) is 0 Å².